The van der Waals surface area contributed by atoms with Gasteiger partial charge in [0.25, 0.3) is 0 Å². The van der Waals surface area contributed by atoms with Crippen LogP contribution in [0.25, 0.3) is 0 Å². The molecule has 0 N–H and O–H groups in total. The summed E-state index contributed by atoms with van der Waals surface area (Å²) in [7, 11) is -1.93. The zero-order chi connectivity index (χ0) is 24.2. The van der Waals surface area contributed by atoms with Crippen LogP contribution >= 0.6 is 15.8 Å². The lowest BCUT2D eigenvalue weighted by Crippen LogP contribution is -2.31. The summed E-state index contributed by atoms with van der Waals surface area (Å²) in [5, 5.41) is 3.98. The average molecular weight is 498 g/mol. The summed E-state index contributed by atoms with van der Waals surface area (Å²) in [5.41, 5.74) is 0.208. The van der Waals surface area contributed by atoms with Gasteiger partial charge >= 0.3 is 0 Å². The van der Waals surface area contributed by atoms with Gasteiger partial charge in [-0.2, -0.15) is 0 Å². The van der Waals surface area contributed by atoms with Gasteiger partial charge in [-0.15, -0.1) is 0 Å². The molecule has 4 aromatic carbocycles. The van der Waals surface area contributed by atoms with Crippen molar-refractivity contribution in [3.8, 4) is 0 Å². The molecule has 4 aromatic rings. The van der Waals surface area contributed by atoms with Crippen molar-refractivity contribution in [1.29, 1.82) is 0 Å². The highest BCUT2D eigenvalue weighted by atomic mass is 31.1. The van der Waals surface area contributed by atoms with Crippen molar-refractivity contribution in [3.63, 3.8) is 0 Å². The number of rotatable bonds is 7. The molecule has 0 unspecified atom stereocenters. The Morgan fingerprint density at radius 1 is 0.382 bits per heavy atom. The molecule has 6 heteroatoms. The molecule has 0 radical (unpaired) electrons. The van der Waals surface area contributed by atoms with E-state index in [1.807, 2.05) is 0 Å². The van der Waals surface area contributed by atoms with Crippen molar-refractivity contribution in [3.05, 3.63) is 120 Å². The first-order valence-electron chi connectivity index (χ1n) is 10.9. The highest BCUT2D eigenvalue weighted by Crippen LogP contribution is 2.51. The van der Waals surface area contributed by atoms with Crippen molar-refractivity contribution < 1.29 is 17.6 Å². The Hall–Kier alpha value is -2.54. The molecule has 2 atom stereocenters. The maximum Gasteiger partial charge on any atom is 0.123 e. The molecule has 0 aliphatic heterocycles. The fraction of sp³-hybridized carbons (Fsp3) is 0.143. The van der Waals surface area contributed by atoms with Gasteiger partial charge in [0.15, 0.2) is 0 Å². The molecule has 0 bridgehead atoms. The van der Waals surface area contributed by atoms with Gasteiger partial charge in [-0.1, -0.05) is 62.4 Å². The molecular weight excluding hydrogens is 474 g/mol. The van der Waals surface area contributed by atoms with Crippen molar-refractivity contribution >= 4 is 37.1 Å². The molecule has 34 heavy (non-hydrogen) atoms. The third-order valence-corrected chi connectivity index (χ3v) is 12.1. The van der Waals surface area contributed by atoms with Crippen LogP contribution < -0.4 is 21.2 Å². The van der Waals surface area contributed by atoms with E-state index in [2.05, 4.69) is 13.8 Å². The largest absolute Gasteiger partial charge is 0.207 e. The molecule has 0 saturated heterocycles. The van der Waals surface area contributed by atoms with E-state index >= 15 is 0 Å². The van der Waals surface area contributed by atoms with Gasteiger partial charge < -0.3 is 0 Å². The van der Waals surface area contributed by atoms with Gasteiger partial charge in [-0.25, -0.2) is 17.6 Å². The molecule has 0 spiro atoms. The second kappa shape index (κ2) is 10.8. The predicted molar refractivity (Wildman–Crippen MR) is 137 cm³/mol. The van der Waals surface area contributed by atoms with E-state index in [9.17, 15) is 17.6 Å². The van der Waals surface area contributed by atoms with Crippen molar-refractivity contribution in [2.75, 3.05) is 0 Å². The van der Waals surface area contributed by atoms with Gasteiger partial charge in [0, 0.05) is 0 Å². The van der Waals surface area contributed by atoms with Gasteiger partial charge in [-0.05, 0) is 96.9 Å². The zero-order valence-electron chi connectivity index (χ0n) is 18.8. The highest BCUT2D eigenvalue weighted by Gasteiger charge is 2.32. The van der Waals surface area contributed by atoms with Gasteiger partial charge in [0.1, 0.15) is 23.3 Å². The Labute approximate surface area is 200 Å². The molecule has 0 heterocycles. The Balaban J connectivity index is 1.79. The topological polar surface area (TPSA) is 0 Å². The summed E-state index contributed by atoms with van der Waals surface area (Å²) in [4.78, 5) is 0. The van der Waals surface area contributed by atoms with Crippen LogP contribution in [0.3, 0.4) is 0 Å². The Bertz CT molecular complexity index is 1020. The smallest absolute Gasteiger partial charge is 0.123 e. The molecule has 0 amide bonds. The van der Waals surface area contributed by atoms with Gasteiger partial charge in [-0.3, -0.25) is 0 Å². The van der Waals surface area contributed by atoms with Crippen molar-refractivity contribution in [2.24, 2.45) is 0 Å². The molecular formula is C28H24F4P2. The van der Waals surface area contributed by atoms with E-state index in [0.717, 1.165) is 21.2 Å². The second-order valence-electron chi connectivity index (χ2n) is 8.13. The van der Waals surface area contributed by atoms with Crippen LogP contribution in [0, 0.1) is 23.3 Å². The lowest BCUT2D eigenvalue weighted by Gasteiger charge is -2.36. The minimum absolute atomic E-state index is 0.104. The number of hydrogen-bond donors (Lipinski definition) is 0. The summed E-state index contributed by atoms with van der Waals surface area (Å²) in [6.45, 7) is 4.32. The van der Waals surface area contributed by atoms with Crippen LogP contribution in [0.15, 0.2) is 97.1 Å². The van der Waals surface area contributed by atoms with E-state index in [1.54, 1.807) is 48.5 Å². The van der Waals surface area contributed by atoms with Crippen LogP contribution in [0.4, 0.5) is 17.6 Å². The maximum atomic E-state index is 13.7. The second-order valence-corrected chi connectivity index (χ2v) is 13.3. The SMILES string of the molecule is C[C@@H]([C@H](C)P(c1ccc(F)cc1)c1ccc(F)cc1)P(c1ccc(F)cc1)c1ccc(F)cc1. The standard InChI is InChI=1S/C28H24F4P2/c1-19(33(25-11-3-21(29)4-12-25)26-13-5-22(30)6-14-26)20(2)34(27-15-7-23(31)8-16-27)28-17-9-24(32)10-18-28/h3-20H,1-2H3/t19-,20-/m0/s1. The Morgan fingerprint density at radius 2 is 0.559 bits per heavy atom. The van der Waals surface area contributed by atoms with Crippen molar-refractivity contribution in [2.45, 2.75) is 25.2 Å². The molecule has 4 rings (SSSR count). The first kappa shape index (κ1) is 24.6. The molecule has 0 fully saturated rings. The fourth-order valence-corrected chi connectivity index (χ4v) is 10.1. The maximum absolute atomic E-state index is 13.7. The van der Waals surface area contributed by atoms with Crippen LogP contribution in [0.2, 0.25) is 0 Å². The highest BCUT2D eigenvalue weighted by molar-refractivity contribution is 7.77. The summed E-state index contributed by atoms with van der Waals surface area (Å²) in [6.07, 6.45) is 0. The Morgan fingerprint density at radius 3 is 0.735 bits per heavy atom. The molecule has 0 nitrogen and oxygen atoms in total. The fourth-order valence-electron chi connectivity index (χ4n) is 4.08. The molecule has 174 valence electrons. The third-order valence-electron chi connectivity index (χ3n) is 5.93. The quantitative estimate of drug-likeness (QED) is 0.199. The van der Waals surface area contributed by atoms with E-state index in [4.69, 9.17) is 0 Å². The molecule has 0 aliphatic rings. The summed E-state index contributed by atoms with van der Waals surface area (Å²) < 4.78 is 54.8. The Kier molecular flexibility index (Phi) is 7.81. The zero-order valence-corrected chi connectivity index (χ0v) is 20.6. The minimum atomic E-state index is -0.967. The molecule has 0 saturated carbocycles. The number of halogens is 4. The average Bonchev–Trinajstić information content (AvgIpc) is 2.84. The first-order chi connectivity index (χ1) is 16.3. The summed E-state index contributed by atoms with van der Waals surface area (Å²) in [6, 6.07) is 26.0. The minimum Gasteiger partial charge on any atom is -0.207 e. The predicted octanol–water partition coefficient (Wildman–Crippen LogP) is 6.59. The summed E-state index contributed by atoms with van der Waals surface area (Å²) in [5.74, 6) is -1.23. The first-order valence-corrected chi connectivity index (χ1v) is 13.8. The van der Waals surface area contributed by atoms with Crippen LogP contribution in [-0.4, -0.2) is 11.3 Å². The van der Waals surface area contributed by atoms with Gasteiger partial charge in [0.2, 0.25) is 0 Å². The summed E-state index contributed by atoms with van der Waals surface area (Å²) >= 11 is 0. The van der Waals surface area contributed by atoms with E-state index in [0.29, 0.717) is 0 Å². The van der Waals surface area contributed by atoms with Crippen molar-refractivity contribution in [1.82, 2.24) is 0 Å². The van der Waals surface area contributed by atoms with E-state index < -0.39 is 15.8 Å². The van der Waals surface area contributed by atoms with Gasteiger partial charge in [0.05, 0.1) is 0 Å². The van der Waals surface area contributed by atoms with E-state index in [-0.39, 0.29) is 34.6 Å². The van der Waals surface area contributed by atoms with Crippen LogP contribution in [0.5, 0.6) is 0 Å². The van der Waals surface area contributed by atoms with Crippen LogP contribution in [0.1, 0.15) is 13.8 Å². The number of benzene rings is 4. The monoisotopic (exact) mass is 498 g/mol. The lowest BCUT2D eigenvalue weighted by molar-refractivity contribution is 0.627. The molecule has 0 aromatic heterocycles. The molecule has 0 aliphatic carbocycles. The number of hydrogen-bond acceptors (Lipinski definition) is 0. The van der Waals surface area contributed by atoms with E-state index in [1.165, 1.54) is 48.5 Å². The van der Waals surface area contributed by atoms with Crippen LogP contribution in [-0.2, 0) is 0 Å². The third kappa shape index (κ3) is 5.57. The lowest BCUT2D eigenvalue weighted by atomic mass is 10.3. The normalized spacial score (nSPS) is 13.3.